The number of nitrogens with two attached hydrogens (primary N) is 1. The molecule has 0 saturated heterocycles. The molecule has 102 valence electrons. The summed E-state index contributed by atoms with van der Waals surface area (Å²) in [5.74, 6) is 6.42. The van der Waals surface area contributed by atoms with Gasteiger partial charge in [-0.1, -0.05) is 18.2 Å². The summed E-state index contributed by atoms with van der Waals surface area (Å²) in [6.45, 7) is 0.556. The maximum Gasteiger partial charge on any atom is 0.119 e. The van der Waals surface area contributed by atoms with Crippen molar-refractivity contribution in [3.63, 3.8) is 0 Å². The van der Waals surface area contributed by atoms with E-state index in [0.29, 0.717) is 6.61 Å². The average molecular weight is 260 g/mol. The molecular weight excluding hydrogens is 240 g/mol. The second-order valence-electron chi connectivity index (χ2n) is 4.55. The van der Waals surface area contributed by atoms with Crippen molar-refractivity contribution in [2.75, 3.05) is 6.61 Å². The van der Waals surface area contributed by atoms with Gasteiger partial charge in [0.1, 0.15) is 12.4 Å². The van der Waals surface area contributed by atoms with Crippen molar-refractivity contribution in [1.29, 1.82) is 0 Å². The van der Waals surface area contributed by atoms with Gasteiger partial charge in [0.2, 0.25) is 0 Å². The Bertz CT molecular complexity index is 483. The smallest absolute Gasteiger partial charge is 0.119 e. The third-order valence-electron chi connectivity index (χ3n) is 2.97. The zero-order valence-corrected chi connectivity index (χ0v) is 11.1. The molecule has 1 aromatic carbocycles. The van der Waals surface area contributed by atoms with Crippen LogP contribution in [0.4, 0.5) is 0 Å². The number of nitrogens with one attached hydrogen (secondary N) is 1. The molecule has 0 aliphatic carbocycles. The number of ether oxygens (including phenoxy) is 1. The molecule has 2 aromatic rings. The molecule has 1 unspecified atom stereocenters. The molecule has 1 aromatic heterocycles. The SMILES string of the molecule is Cn1cc(CCC(COc2ccccc2)NN)cn1. The van der Waals surface area contributed by atoms with Crippen molar-refractivity contribution in [2.24, 2.45) is 12.9 Å². The number of hydrazine groups is 1. The Kier molecular flexibility index (Phi) is 4.94. The molecule has 0 aliphatic rings. The van der Waals surface area contributed by atoms with Crippen molar-refractivity contribution in [2.45, 2.75) is 18.9 Å². The maximum atomic E-state index is 5.69. The van der Waals surface area contributed by atoms with E-state index < -0.39 is 0 Å². The quantitative estimate of drug-likeness (QED) is 0.581. The lowest BCUT2D eigenvalue weighted by molar-refractivity contribution is 0.258. The van der Waals surface area contributed by atoms with E-state index in [9.17, 15) is 0 Å². The van der Waals surface area contributed by atoms with Crippen molar-refractivity contribution in [3.8, 4) is 5.75 Å². The number of benzene rings is 1. The molecule has 0 amide bonds. The molecule has 1 atom stereocenters. The minimum Gasteiger partial charge on any atom is -0.492 e. The normalized spacial score (nSPS) is 12.3. The van der Waals surface area contributed by atoms with Gasteiger partial charge in [0.25, 0.3) is 0 Å². The Labute approximate surface area is 113 Å². The van der Waals surface area contributed by atoms with Crippen LogP contribution in [0.3, 0.4) is 0 Å². The van der Waals surface area contributed by atoms with Crippen LogP contribution in [0.2, 0.25) is 0 Å². The van der Waals surface area contributed by atoms with E-state index in [1.165, 1.54) is 5.56 Å². The van der Waals surface area contributed by atoms with E-state index in [4.69, 9.17) is 10.6 Å². The van der Waals surface area contributed by atoms with Gasteiger partial charge in [-0.3, -0.25) is 16.0 Å². The maximum absolute atomic E-state index is 5.69. The molecule has 0 bridgehead atoms. The van der Waals surface area contributed by atoms with Gasteiger partial charge in [0.05, 0.1) is 12.2 Å². The summed E-state index contributed by atoms with van der Waals surface area (Å²) in [5.41, 5.74) is 4.01. The number of nitrogens with zero attached hydrogens (tertiary/aromatic N) is 2. The Morgan fingerprint density at radius 1 is 1.37 bits per heavy atom. The van der Waals surface area contributed by atoms with E-state index in [1.807, 2.05) is 49.8 Å². The molecule has 2 rings (SSSR count). The van der Waals surface area contributed by atoms with Crippen LogP contribution < -0.4 is 16.0 Å². The van der Waals surface area contributed by atoms with Crippen LogP contribution in [0.5, 0.6) is 5.75 Å². The average Bonchev–Trinajstić information content (AvgIpc) is 2.86. The zero-order chi connectivity index (χ0) is 13.5. The second kappa shape index (κ2) is 6.92. The van der Waals surface area contributed by atoms with Gasteiger partial charge in [0.15, 0.2) is 0 Å². The van der Waals surface area contributed by atoms with E-state index >= 15 is 0 Å². The lowest BCUT2D eigenvalue weighted by Crippen LogP contribution is -2.39. The molecule has 0 saturated carbocycles. The van der Waals surface area contributed by atoms with Crippen LogP contribution in [0, 0.1) is 0 Å². The van der Waals surface area contributed by atoms with Crippen molar-refractivity contribution >= 4 is 0 Å². The highest BCUT2D eigenvalue weighted by molar-refractivity contribution is 5.20. The number of hydrogen-bond donors (Lipinski definition) is 2. The fourth-order valence-electron chi connectivity index (χ4n) is 1.87. The van der Waals surface area contributed by atoms with Gasteiger partial charge < -0.3 is 4.74 Å². The molecule has 3 N–H and O–H groups in total. The van der Waals surface area contributed by atoms with Crippen LogP contribution in [0.1, 0.15) is 12.0 Å². The van der Waals surface area contributed by atoms with Crippen molar-refractivity contribution in [3.05, 3.63) is 48.3 Å². The van der Waals surface area contributed by atoms with Gasteiger partial charge >= 0.3 is 0 Å². The van der Waals surface area contributed by atoms with Gasteiger partial charge in [-0.2, -0.15) is 5.10 Å². The van der Waals surface area contributed by atoms with E-state index in [1.54, 1.807) is 4.68 Å². The molecule has 0 fully saturated rings. The lowest BCUT2D eigenvalue weighted by atomic mass is 10.1. The van der Waals surface area contributed by atoms with Crippen molar-refractivity contribution < 1.29 is 4.74 Å². The molecule has 0 radical (unpaired) electrons. The number of para-hydroxylation sites is 1. The van der Waals surface area contributed by atoms with Gasteiger partial charge in [-0.05, 0) is 30.5 Å². The van der Waals surface area contributed by atoms with Crippen LogP contribution in [-0.2, 0) is 13.5 Å². The molecule has 19 heavy (non-hydrogen) atoms. The molecule has 5 heteroatoms. The third-order valence-corrected chi connectivity index (χ3v) is 2.97. The monoisotopic (exact) mass is 260 g/mol. The first-order chi connectivity index (χ1) is 9.28. The number of aryl methyl sites for hydroxylation is 2. The summed E-state index contributed by atoms with van der Waals surface area (Å²) in [6, 6.07) is 9.88. The van der Waals surface area contributed by atoms with Gasteiger partial charge in [-0.15, -0.1) is 0 Å². The standard InChI is InChI=1S/C14H20N4O/c1-18-10-12(9-16-18)7-8-13(17-15)11-19-14-5-3-2-4-6-14/h2-6,9-10,13,17H,7-8,11,15H2,1H3. The number of hydrogen-bond acceptors (Lipinski definition) is 4. The van der Waals surface area contributed by atoms with Crippen LogP contribution in [0.25, 0.3) is 0 Å². The highest BCUT2D eigenvalue weighted by Gasteiger charge is 2.08. The zero-order valence-electron chi connectivity index (χ0n) is 11.1. The first kappa shape index (κ1) is 13.6. The fraction of sp³-hybridized carbons (Fsp3) is 0.357. The first-order valence-electron chi connectivity index (χ1n) is 6.39. The summed E-state index contributed by atoms with van der Waals surface area (Å²) in [6.07, 6.45) is 5.74. The molecule has 1 heterocycles. The number of aromatic nitrogens is 2. The minimum atomic E-state index is 0.125. The van der Waals surface area contributed by atoms with E-state index in [0.717, 1.165) is 18.6 Å². The van der Waals surface area contributed by atoms with Crippen LogP contribution >= 0.6 is 0 Å². The summed E-state index contributed by atoms with van der Waals surface area (Å²) in [7, 11) is 1.92. The summed E-state index contributed by atoms with van der Waals surface area (Å²) < 4.78 is 7.50. The topological polar surface area (TPSA) is 65.1 Å². The van der Waals surface area contributed by atoms with Crippen LogP contribution in [-0.4, -0.2) is 22.4 Å². The predicted molar refractivity (Wildman–Crippen MR) is 74.6 cm³/mol. The fourth-order valence-corrected chi connectivity index (χ4v) is 1.87. The summed E-state index contributed by atoms with van der Waals surface area (Å²) in [4.78, 5) is 0. The second-order valence-corrected chi connectivity index (χ2v) is 4.55. The predicted octanol–water partition coefficient (Wildman–Crippen LogP) is 1.26. The Morgan fingerprint density at radius 2 is 2.16 bits per heavy atom. The highest BCUT2D eigenvalue weighted by atomic mass is 16.5. The minimum absolute atomic E-state index is 0.125. The van der Waals surface area contributed by atoms with Gasteiger partial charge in [-0.25, -0.2) is 0 Å². The van der Waals surface area contributed by atoms with Gasteiger partial charge in [0, 0.05) is 13.2 Å². The largest absolute Gasteiger partial charge is 0.492 e. The van der Waals surface area contributed by atoms with E-state index in [2.05, 4.69) is 10.5 Å². The summed E-state index contributed by atoms with van der Waals surface area (Å²) in [5, 5.41) is 4.15. The Hall–Kier alpha value is -1.85. The first-order valence-corrected chi connectivity index (χ1v) is 6.39. The molecule has 5 nitrogen and oxygen atoms in total. The van der Waals surface area contributed by atoms with Crippen molar-refractivity contribution in [1.82, 2.24) is 15.2 Å². The Morgan fingerprint density at radius 3 is 2.79 bits per heavy atom. The third kappa shape index (κ3) is 4.39. The highest BCUT2D eigenvalue weighted by Crippen LogP contribution is 2.10. The Balaban J connectivity index is 1.77. The molecule has 0 aliphatic heterocycles. The summed E-state index contributed by atoms with van der Waals surface area (Å²) >= 11 is 0. The van der Waals surface area contributed by atoms with E-state index in [-0.39, 0.29) is 6.04 Å². The number of rotatable bonds is 7. The molecule has 0 spiro atoms. The molecular formula is C14H20N4O. The lowest BCUT2D eigenvalue weighted by Gasteiger charge is -2.16. The van der Waals surface area contributed by atoms with Crippen LogP contribution in [0.15, 0.2) is 42.7 Å².